The van der Waals surface area contributed by atoms with E-state index in [1.807, 2.05) is 26.8 Å². The summed E-state index contributed by atoms with van der Waals surface area (Å²) in [5, 5.41) is 12.0. The van der Waals surface area contributed by atoms with Crippen LogP contribution in [0.1, 0.15) is 25.0 Å². The lowest BCUT2D eigenvalue weighted by Crippen LogP contribution is -2.58. The maximum Gasteiger partial charge on any atom is 0.410 e. The molecule has 4 rings (SSSR count). The van der Waals surface area contributed by atoms with Gasteiger partial charge in [-0.1, -0.05) is 0 Å². The number of pyridine rings is 1. The second-order valence-electron chi connectivity index (χ2n) is 8.70. The van der Waals surface area contributed by atoms with E-state index in [-0.39, 0.29) is 41.4 Å². The van der Waals surface area contributed by atoms with E-state index in [9.17, 15) is 9.18 Å². The van der Waals surface area contributed by atoms with Gasteiger partial charge >= 0.3 is 6.09 Å². The van der Waals surface area contributed by atoms with Crippen LogP contribution in [0.5, 0.6) is 5.88 Å². The number of carbonyl (C=O) groups is 1. The summed E-state index contributed by atoms with van der Waals surface area (Å²) in [5.41, 5.74) is 1.91. The van der Waals surface area contributed by atoms with Crippen molar-refractivity contribution in [1.82, 2.24) is 9.88 Å². The van der Waals surface area contributed by atoms with Crippen LogP contribution in [0, 0.1) is 35.9 Å². The molecule has 174 valence electrons. The van der Waals surface area contributed by atoms with Crippen molar-refractivity contribution in [1.29, 1.82) is 5.26 Å². The number of aromatic nitrogens is 1. The molecular formula is C24H27FN4O4. The monoisotopic (exact) mass is 454 g/mol. The lowest BCUT2D eigenvalue weighted by Gasteiger charge is -2.46. The van der Waals surface area contributed by atoms with Gasteiger partial charge < -0.3 is 24.4 Å². The molecule has 1 aromatic carbocycles. The highest BCUT2D eigenvalue weighted by molar-refractivity contribution is 5.68. The number of nitrogens with one attached hydrogen (secondary N) is 1. The zero-order valence-electron chi connectivity index (χ0n) is 18.9. The zero-order chi connectivity index (χ0) is 23.5. The van der Waals surface area contributed by atoms with E-state index in [2.05, 4.69) is 10.3 Å². The van der Waals surface area contributed by atoms with Crippen molar-refractivity contribution in [2.45, 2.75) is 33.0 Å². The van der Waals surface area contributed by atoms with Crippen LogP contribution in [0.15, 0.2) is 30.5 Å². The van der Waals surface area contributed by atoms with E-state index in [4.69, 9.17) is 19.5 Å². The van der Waals surface area contributed by atoms with Crippen molar-refractivity contribution in [3.63, 3.8) is 0 Å². The van der Waals surface area contributed by atoms with Gasteiger partial charge in [0.2, 0.25) is 5.88 Å². The molecule has 2 bridgehead atoms. The molecule has 0 saturated carbocycles. The largest absolute Gasteiger partial charge is 0.473 e. The van der Waals surface area contributed by atoms with Crippen LogP contribution in [-0.4, -0.2) is 54.5 Å². The standard InChI is InChI=1S/C24H27FN4O4/c1-14(2)32-24(30)29-10-17-12-31-13-18(11-29)22(17)33-23-15(3)20(6-7-27-23)28-21-5-4-16(9-26)8-19(21)25/h4-8,14,17-18,22H,10-13H2,1-3H3,(H,27,28). The number of nitrogens with zero attached hydrogens (tertiary/aromatic N) is 3. The molecule has 0 spiro atoms. The highest BCUT2D eigenvalue weighted by atomic mass is 19.1. The van der Waals surface area contributed by atoms with E-state index < -0.39 is 5.82 Å². The Hall–Kier alpha value is -3.38. The lowest BCUT2D eigenvalue weighted by molar-refractivity contribution is -0.111. The lowest BCUT2D eigenvalue weighted by atomic mass is 9.84. The summed E-state index contributed by atoms with van der Waals surface area (Å²) in [6.45, 7) is 7.46. The topological polar surface area (TPSA) is 96.7 Å². The second kappa shape index (κ2) is 9.63. The number of hydrogen-bond donors (Lipinski definition) is 1. The van der Waals surface area contributed by atoms with Crippen molar-refractivity contribution in [2.75, 3.05) is 31.6 Å². The maximum absolute atomic E-state index is 14.3. The number of hydrogen-bond acceptors (Lipinski definition) is 7. The zero-order valence-corrected chi connectivity index (χ0v) is 18.9. The van der Waals surface area contributed by atoms with Gasteiger partial charge in [0.15, 0.2) is 0 Å². The van der Waals surface area contributed by atoms with Crippen molar-refractivity contribution in [3.05, 3.63) is 47.4 Å². The minimum Gasteiger partial charge on any atom is -0.473 e. The third-order valence-electron chi connectivity index (χ3n) is 5.87. The molecule has 0 radical (unpaired) electrons. The van der Waals surface area contributed by atoms with Gasteiger partial charge in [-0.05, 0) is 45.0 Å². The normalized spacial score (nSPS) is 21.9. The molecule has 1 amide bonds. The summed E-state index contributed by atoms with van der Waals surface area (Å²) < 4.78 is 31.8. The number of fused-ring (bicyclic) bond motifs is 2. The Bertz CT molecular complexity index is 1060. The van der Waals surface area contributed by atoms with Gasteiger partial charge in [-0.2, -0.15) is 5.26 Å². The fraction of sp³-hybridized carbons (Fsp3) is 0.458. The summed E-state index contributed by atoms with van der Waals surface area (Å²) in [6.07, 6.45) is 0.957. The molecule has 2 fully saturated rings. The Morgan fingerprint density at radius 2 is 2.00 bits per heavy atom. The van der Waals surface area contributed by atoms with Gasteiger partial charge in [0.25, 0.3) is 0 Å². The summed E-state index contributed by atoms with van der Waals surface area (Å²) in [4.78, 5) is 18.5. The van der Waals surface area contributed by atoms with Crippen LogP contribution in [0.3, 0.4) is 0 Å². The Labute approximate surface area is 192 Å². The smallest absolute Gasteiger partial charge is 0.410 e. The average molecular weight is 455 g/mol. The van der Waals surface area contributed by atoms with Crippen molar-refractivity contribution < 1.29 is 23.4 Å². The molecule has 2 aliphatic heterocycles. The summed E-state index contributed by atoms with van der Waals surface area (Å²) in [7, 11) is 0. The van der Waals surface area contributed by atoms with Gasteiger partial charge in [0.05, 0.1) is 36.6 Å². The fourth-order valence-corrected chi connectivity index (χ4v) is 4.25. The van der Waals surface area contributed by atoms with Crippen LogP contribution in [0.25, 0.3) is 0 Å². The first-order valence-electron chi connectivity index (χ1n) is 11.0. The van der Waals surface area contributed by atoms with Gasteiger partial charge in [-0.3, -0.25) is 0 Å². The first-order chi connectivity index (χ1) is 15.9. The molecule has 1 N–H and O–H groups in total. The highest BCUT2D eigenvalue weighted by Crippen LogP contribution is 2.34. The predicted molar refractivity (Wildman–Crippen MR) is 119 cm³/mol. The minimum absolute atomic E-state index is 0.00834. The third-order valence-corrected chi connectivity index (χ3v) is 5.87. The van der Waals surface area contributed by atoms with E-state index in [0.29, 0.717) is 37.9 Å². The number of halogens is 1. The Morgan fingerprint density at radius 3 is 2.64 bits per heavy atom. The Morgan fingerprint density at radius 1 is 1.27 bits per heavy atom. The molecule has 3 heterocycles. The number of likely N-dealkylation sites (tertiary alicyclic amines) is 1. The first kappa shape index (κ1) is 22.8. The van der Waals surface area contributed by atoms with E-state index in [0.717, 1.165) is 5.56 Å². The summed E-state index contributed by atoms with van der Waals surface area (Å²) in [6, 6.07) is 7.94. The SMILES string of the molecule is Cc1c(Nc2ccc(C#N)cc2F)ccnc1OC1C2COCC1CN(C(=O)OC(C)C)C2. The molecule has 9 heteroatoms. The van der Waals surface area contributed by atoms with Gasteiger partial charge in [-0.25, -0.2) is 14.2 Å². The molecule has 8 nitrogen and oxygen atoms in total. The van der Waals surface area contributed by atoms with Gasteiger partial charge in [0, 0.05) is 42.4 Å². The molecule has 2 atom stereocenters. The van der Waals surface area contributed by atoms with Crippen LogP contribution < -0.4 is 10.1 Å². The van der Waals surface area contributed by atoms with Gasteiger partial charge in [0.1, 0.15) is 11.9 Å². The van der Waals surface area contributed by atoms with Gasteiger partial charge in [-0.15, -0.1) is 0 Å². The van der Waals surface area contributed by atoms with Crippen molar-refractivity contribution in [2.24, 2.45) is 11.8 Å². The number of ether oxygens (including phenoxy) is 3. The van der Waals surface area contributed by atoms with Crippen LogP contribution in [0.4, 0.5) is 20.6 Å². The third kappa shape index (κ3) is 5.01. The number of anilines is 2. The molecule has 2 saturated heterocycles. The number of piperidine rings is 1. The molecule has 1 aromatic heterocycles. The van der Waals surface area contributed by atoms with Crippen molar-refractivity contribution >= 4 is 17.5 Å². The average Bonchev–Trinajstić information content (AvgIpc) is 2.76. The minimum atomic E-state index is -0.514. The quantitative estimate of drug-likeness (QED) is 0.729. The predicted octanol–water partition coefficient (Wildman–Crippen LogP) is 4.02. The van der Waals surface area contributed by atoms with Crippen LogP contribution in [-0.2, 0) is 9.47 Å². The molecular weight excluding hydrogens is 427 g/mol. The first-order valence-corrected chi connectivity index (χ1v) is 11.0. The fourth-order valence-electron chi connectivity index (χ4n) is 4.25. The molecule has 2 aliphatic rings. The Kier molecular flexibility index (Phi) is 6.65. The second-order valence-corrected chi connectivity index (χ2v) is 8.70. The number of carbonyl (C=O) groups excluding carboxylic acids is 1. The molecule has 33 heavy (non-hydrogen) atoms. The number of benzene rings is 1. The van der Waals surface area contributed by atoms with E-state index >= 15 is 0 Å². The molecule has 2 aromatic rings. The summed E-state index contributed by atoms with van der Waals surface area (Å²) >= 11 is 0. The van der Waals surface area contributed by atoms with E-state index in [1.165, 1.54) is 12.1 Å². The van der Waals surface area contributed by atoms with Crippen LogP contribution >= 0.6 is 0 Å². The maximum atomic E-state index is 14.3. The van der Waals surface area contributed by atoms with Crippen molar-refractivity contribution in [3.8, 4) is 11.9 Å². The van der Waals surface area contributed by atoms with E-state index in [1.54, 1.807) is 23.2 Å². The Balaban J connectivity index is 1.49. The summed E-state index contributed by atoms with van der Waals surface area (Å²) in [5.74, 6) is -0.0776. The highest BCUT2D eigenvalue weighted by Gasteiger charge is 2.44. The number of amides is 1. The molecule has 2 unspecified atom stereocenters. The number of rotatable bonds is 5. The van der Waals surface area contributed by atoms with Crippen LogP contribution in [0.2, 0.25) is 0 Å². The number of nitriles is 1. The molecule has 0 aliphatic carbocycles.